The molecule has 0 unspecified atom stereocenters. The molecule has 0 saturated carbocycles. The van der Waals surface area contributed by atoms with Crippen LogP contribution in [-0.2, 0) is 6.42 Å². The van der Waals surface area contributed by atoms with Gasteiger partial charge in [-0.15, -0.1) is 0 Å². The Hall–Kier alpha value is -2.43. The van der Waals surface area contributed by atoms with E-state index in [1.165, 1.54) is 24.8 Å². The number of amides is 1. The maximum atomic E-state index is 13.0. The SMILES string of the molecule is O=C(c1ccnc(N2CCCC2)c1)N1CCC[C@H](Cc2cccnc2)C1. The Morgan fingerprint density at radius 1 is 1.12 bits per heavy atom. The summed E-state index contributed by atoms with van der Waals surface area (Å²) in [7, 11) is 0. The average molecular weight is 350 g/mol. The molecule has 0 aliphatic carbocycles. The molecule has 136 valence electrons. The molecule has 0 bridgehead atoms. The van der Waals surface area contributed by atoms with Crippen molar-refractivity contribution in [3.63, 3.8) is 0 Å². The van der Waals surface area contributed by atoms with E-state index in [-0.39, 0.29) is 5.91 Å². The fraction of sp³-hybridized carbons (Fsp3) is 0.476. The Morgan fingerprint density at radius 3 is 2.81 bits per heavy atom. The van der Waals surface area contributed by atoms with Gasteiger partial charge in [0.1, 0.15) is 5.82 Å². The predicted octanol–water partition coefficient (Wildman–Crippen LogP) is 3.17. The van der Waals surface area contributed by atoms with Crippen LogP contribution in [0.5, 0.6) is 0 Å². The fourth-order valence-corrected chi connectivity index (χ4v) is 4.12. The van der Waals surface area contributed by atoms with Gasteiger partial charge in [0.05, 0.1) is 0 Å². The Labute approximate surface area is 155 Å². The number of pyridine rings is 2. The predicted molar refractivity (Wildman–Crippen MR) is 102 cm³/mol. The molecular weight excluding hydrogens is 324 g/mol. The number of hydrogen-bond donors (Lipinski definition) is 0. The molecule has 2 aromatic rings. The first-order chi connectivity index (χ1) is 12.8. The first-order valence-electron chi connectivity index (χ1n) is 9.69. The highest BCUT2D eigenvalue weighted by atomic mass is 16.2. The monoisotopic (exact) mass is 350 g/mol. The molecule has 2 aliphatic rings. The van der Waals surface area contributed by atoms with Crippen LogP contribution < -0.4 is 4.90 Å². The normalized spacial score (nSPS) is 20.4. The third-order valence-electron chi connectivity index (χ3n) is 5.48. The highest BCUT2D eigenvalue weighted by Crippen LogP contribution is 2.24. The third-order valence-corrected chi connectivity index (χ3v) is 5.48. The minimum atomic E-state index is 0.142. The molecule has 0 aromatic carbocycles. The van der Waals surface area contributed by atoms with Crippen molar-refractivity contribution in [3.05, 3.63) is 54.0 Å². The van der Waals surface area contributed by atoms with Crippen LogP contribution in [0.4, 0.5) is 5.82 Å². The van der Waals surface area contributed by atoms with Crippen molar-refractivity contribution in [1.29, 1.82) is 0 Å². The molecule has 0 N–H and O–H groups in total. The third kappa shape index (κ3) is 3.87. The van der Waals surface area contributed by atoms with Gasteiger partial charge in [-0.2, -0.15) is 0 Å². The maximum Gasteiger partial charge on any atom is 0.254 e. The summed E-state index contributed by atoms with van der Waals surface area (Å²) in [5.41, 5.74) is 2.02. The van der Waals surface area contributed by atoms with Crippen LogP contribution in [-0.4, -0.2) is 47.0 Å². The van der Waals surface area contributed by atoms with Crippen molar-refractivity contribution in [1.82, 2.24) is 14.9 Å². The van der Waals surface area contributed by atoms with Gasteiger partial charge in [-0.25, -0.2) is 4.98 Å². The van der Waals surface area contributed by atoms with E-state index < -0.39 is 0 Å². The zero-order valence-electron chi connectivity index (χ0n) is 15.2. The van der Waals surface area contributed by atoms with Crippen LogP contribution in [0.15, 0.2) is 42.9 Å². The number of carbonyl (C=O) groups is 1. The number of piperidine rings is 1. The van der Waals surface area contributed by atoms with E-state index in [9.17, 15) is 4.79 Å². The van der Waals surface area contributed by atoms with Gasteiger partial charge < -0.3 is 9.80 Å². The Morgan fingerprint density at radius 2 is 2.00 bits per heavy atom. The fourth-order valence-electron chi connectivity index (χ4n) is 4.12. The Balaban J connectivity index is 1.43. The van der Waals surface area contributed by atoms with Gasteiger partial charge in [-0.3, -0.25) is 9.78 Å². The van der Waals surface area contributed by atoms with Crippen molar-refractivity contribution in [2.24, 2.45) is 5.92 Å². The number of aromatic nitrogens is 2. The number of hydrogen-bond acceptors (Lipinski definition) is 4. The Bertz CT molecular complexity index is 743. The van der Waals surface area contributed by atoms with Gasteiger partial charge in [-0.05, 0) is 61.8 Å². The van der Waals surface area contributed by atoms with Crippen LogP contribution >= 0.6 is 0 Å². The molecule has 2 aliphatic heterocycles. The second kappa shape index (κ2) is 7.85. The molecular formula is C21H26N4O. The summed E-state index contributed by atoms with van der Waals surface area (Å²) in [6.07, 6.45) is 11.2. The molecule has 2 saturated heterocycles. The summed E-state index contributed by atoms with van der Waals surface area (Å²) >= 11 is 0. The van der Waals surface area contributed by atoms with E-state index in [1.54, 1.807) is 6.20 Å². The minimum absolute atomic E-state index is 0.142. The van der Waals surface area contributed by atoms with E-state index >= 15 is 0 Å². The number of likely N-dealkylation sites (tertiary alicyclic amines) is 1. The quantitative estimate of drug-likeness (QED) is 0.850. The molecule has 2 fully saturated rings. The maximum absolute atomic E-state index is 13.0. The molecule has 4 rings (SSSR count). The minimum Gasteiger partial charge on any atom is -0.357 e. The lowest BCUT2D eigenvalue weighted by molar-refractivity contribution is 0.0673. The first-order valence-corrected chi connectivity index (χ1v) is 9.69. The number of nitrogens with zero attached hydrogens (tertiary/aromatic N) is 4. The summed E-state index contributed by atoms with van der Waals surface area (Å²) in [5.74, 6) is 1.60. The van der Waals surface area contributed by atoms with E-state index in [0.29, 0.717) is 5.92 Å². The number of carbonyl (C=O) groups excluding carboxylic acids is 1. The number of anilines is 1. The van der Waals surface area contributed by atoms with Gasteiger partial charge in [-0.1, -0.05) is 6.07 Å². The van der Waals surface area contributed by atoms with Crippen molar-refractivity contribution in [2.75, 3.05) is 31.1 Å². The first kappa shape index (κ1) is 17.0. The van der Waals surface area contributed by atoms with Crippen LogP contribution in [0.1, 0.15) is 41.6 Å². The molecule has 5 heteroatoms. The highest BCUT2D eigenvalue weighted by Gasteiger charge is 2.25. The molecule has 0 spiro atoms. The summed E-state index contributed by atoms with van der Waals surface area (Å²) < 4.78 is 0. The van der Waals surface area contributed by atoms with E-state index in [4.69, 9.17) is 0 Å². The molecule has 2 aromatic heterocycles. The van der Waals surface area contributed by atoms with Crippen molar-refractivity contribution in [3.8, 4) is 0 Å². The van der Waals surface area contributed by atoms with Crippen LogP contribution in [0, 0.1) is 5.92 Å². The van der Waals surface area contributed by atoms with Crippen LogP contribution in [0.3, 0.4) is 0 Å². The van der Waals surface area contributed by atoms with Gasteiger partial charge in [0.2, 0.25) is 0 Å². The zero-order valence-corrected chi connectivity index (χ0v) is 15.2. The molecule has 0 radical (unpaired) electrons. The molecule has 1 amide bonds. The largest absolute Gasteiger partial charge is 0.357 e. The second-order valence-electron chi connectivity index (χ2n) is 7.42. The zero-order chi connectivity index (χ0) is 17.8. The van der Waals surface area contributed by atoms with Crippen LogP contribution in [0.25, 0.3) is 0 Å². The lowest BCUT2D eigenvalue weighted by Gasteiger charge is -2.33. The van der Waals surface area contributed by atoms with Crippen molar-refractivity contribution in [2.45, 2.75) is 32.1 Å². The van der Waals surface area contributed by atoms with Gasteiger partial charge in [0, 0.05) is 50.3 Å². The highest BCUT2D eigenvalue weighted by molar-refractivity contribution is 5.95. The van der Waals surface area contributed by atoms with E-state index in [0.717, 1.165) is 50.4 Å². The summed E-state index contributed by atoms with van der Waals surface area (Å²) in [6, 6.07) is 7.93. The molecule has 26 heavy (non-hydrogen) atoms. The van der Waals surface area contributed by atoms with Crippen molar-refractivity contribution < 1.29 is 4.79 Å². The second-order valence-corrected chi connectivity index (χ2v) is 7.42. The molecule has 4 heterocycles. The van der Waals surface area contributed by atoms with Crippen LogP contribution in [0.2, 0.25) is 0 Å². The summed E-state index contributed by atoms with van der Waals surface area (Å²) in [4.78, 5) is 26.0. The van der Waals surface area contributed by atoms with Gasteiger partial charge in [0.25, 0.3) is 5.91 Å². The molecule has 5 nitrogen and oxygen atoms in total. The summed E-state index contributed by atoms with van der Waals surface area (Å²) in [5, 5.41) is 0. The lowest BCUT2D eigenvalue weighted by atomic mass is 9.91. The van der Waals surface area contributed by atoms with Gasteiger partial charge in [0.15, 0.2) is 0 Å². The lowest BCUT2D eigenvalue weighted by Crippen LogP contribution is -2.40. The average Bonchev–Trinajstić information content (AvgIpc) is 3.23. The molecule has 1 atom stereocenters. The smallest absolute Gasteiger partial charge is 0.254 e. The summed E-state index contributed by atoms with van der Waals surface area (Å²) in [6.45, 7) is 3.77. The van der Waals surface area contributed by atoms with E-state index in [1.807, 2.05) is 35.5 Å². The number of rotatable bonds is 4. The van der Waals surface area contributed by atoms with Gasteiger partial charge >= 0.3 is 0 Å². The Kier molecular flexibility index (Phi) is 5.14. The van der Waals surface area contributed by atoms with Crippen molar-refractivity contribution >= 4 is 11.7 Å². The topological polar surface area (TPSA) is 49.3 Å². The standard InChI is InChI=1S/C21H26N4O/c26-21(19-7-9-23-20(14-19)24-10-1-2-11-24)25-12-4-6-18(16-25)13-17-5-3-8-22-15-17/h3,5,7-9,14-15,18H,1-2,4,6,10-13,16H2/t18-/m1/s1. The van der Waals surface area contributed by atoms with E-state index in [2.05, 4.69) is 20.9 Å².